The van der Waals surface area contributed by atoms with Gasteiger partial charge in [-0.15, -0.1) is 0 Å². The van der Waals surface area contributed by atoms with Crippen molar-refractivity contribution in [1.29, 1.82) is 0 Å². The molecular formula is C38H41BrN2O6S. The quantitative estimate of drug-likeness (QED) is 0.143. The van der Waals surface area contributed by atoms with Crippen LogP contribution in [-0.2, 0) is 16.1 Å². The molecule has 0 radical (unpaired) electrons. The summed E-state index contributed by atoms with van der Waals surface area (Å²) in [7, 11) is 1.57. The van der Waals surface area contributed by atoms with Crippen molar-refractivity contribution in [3.8, 4) is 17.2 Å². The van der Waals surface area contributed by atoms with Crippen LogP contribution in [0.2, 0.25) is 0 Å². The maximum atomic E-state index is 14.3. The van der Waals surface area contributed by atoms with Crippen LogP contribution in [0.5, 0.6) is 17.2 Å². The van der Waals surface area contributed by atoms with Crippen molar-refractivity contribution in [3.63, 3.8) is 0 Å². The Morgan fingerprint density at radius 3 is 2.35 bits per heavy atom. The van der Waals surface area contributed by atoms with Crippen molar-refractivity contribution >= 4 is 39.3 Å². The van der Waals surface area contributed by atoms with Crippen LogP contribution in [0, 0.1) is 20.8 Å². The van der Waals surface area contributed by atoms with E-state index >= 15 is 0 Å². The van der Waals surface area contributed by atoms with Gasteiger partial charge in [0.2, 0.25) is 0 Å². The molecule has 0 saturated carbocycles. The van der Waals surface area contributed by atoms with Gasteiger partial charge in [0, 0.05) is 10.0 Å². The number of ether oxygens (including phenoxy) is 4. The van der Waals surface area contributed by atoms with E-state index in [2.05, 4.69) is 48.8 Å². The largest absolute Gasteiger partial charge is 0.496 e. The highest BCUT2D eigenvalue weighted by Gasteiger charge is 2.36. The molecule has 0 fully saturated rings. The van der Waals surface area contributed by atoms with Crippen molar-refractivity contribution in [2.75, 3.05) is 20.3 Å². The Bertz CT molecular complexity index is 2040. The monoisotopic (exact) mass is 732 g/mol. The van der Waals surface area contributed by atoms with E-state index in [-0.39, 0.29) is 12.2 Å². The zero-order valence-corrected chi connectivity index (χ0v) is 30.8. The molecule has 8 nitrogen and oxygen atoms in total. The molecule has 0 spiro atoms. The van der Waals surface area contributed by atoms with Gasteiger partial charge < -0.3 is 18.9 Å². The van der Waals surface area contributed by atoms with Crippen molar-refractivity contribution in [2.45, 2.75) is 67.0 Å². The molecule has 252 valence electrons. The van der Waals surface area contributed by atoms with Gasteiger partial charge >= 0.3 is 5.97 Å². The highest BCUT2D eigenvalue weighted by molar-refractivity contribution is 9.10. The molecule has 10 heteroatoms. The van der Waals surface area contributed by atoms with Crippen LogP contribution in [0.25, 0.3) is 6.08 Å². The van der Waals surface area contributed by atoms with Gasteiger partial charge in [-0.1, -0.05) is 64.4 Å². The number of hydrogen-bond acceptors (Lipinski definition) is 8. The number of benzene rings is 3. The first-order valence-corrected chi connectivity index (χ1v) is 17.7. The zero-order valence-electron chi connectivity index (χ0n) is 28.4. The standard InChI is InChI=1S/C38H41BrN2O6S/c1-8-11-29-34(37(43)46-10-3)35(27-20-26(39)13-15-30(27)44-7)41-36(42)33(48-38(41)40-29)19-25-12-14-31(32(18-25)45-9-2)47-21-28-23(5)16-22(4)17-24(28)6/h12-20,35H,8-11,21H2,1-7H3/b33-19+/t35-/m1/s1. The Kier molecular flexibility index (Phi) is 11.3. The van der Waals surface area contributed by atoms with Crippen LogP contribution in [0.4, 0.5) is 0 Å². The summed E-state index contributed by atoms with van der Waals surface area (Å²) in [6.45, 7) is 13.1. The van der Waals surface area contributed by atoms with Gasteiger partial charge in [0.05, 0.1) is 36.1 Å². The second kappa shape index (κ2) is 15.4. The summed E-state index contributed by atoms with van der Waals surface area (Å²) in [5.41, 5.74) is 6.84. The van der Waals surface area contributed by atoms with Crippen LogP contribution < -0.4 is 29.1 Å². The molecule has 0 unspecified atom stereocenters. The minimum absolute atomic E-state index is 0.195. The van der Waals surface area contributed by atoms with Gasteiger partial charge in [-0.25, -0.2) is 9.79 Å². The lowest BCUT2D eigenvalue weighted by molar-refractivity contribution is -0.139. The minimum Gasteiger partial charge on any atom is -0.496 e. The normalized spacial score (nSPS) is 14.4. The summed E-state index contributed by atoms with van der Waals surface area (Å²) in [5.74, 6) is 1.26. The van der Waals surface area contributed by atoms with Gasteiger partial charge in [0.25, 0.3) is 5.56 Å². The topological polar surface area (TPSA) is 88.4 Å². The summed E-state index contributed by atoms with van der Waals surface area (Å²) in [5, 5.41) is 0. The van der Waals surface area contributed by atoms with E-state index in [9.17, 15) is 9.59 Å². The Morgan fingerprint density at radius 2 is 1.69 bits per heavy atom. The Morgan fingerprint density at radius 1 is 0.958 bits per heavy atom. The van der Waals surface area contributed by atoms with Crippen molar-refractivity contribution in [2.24, 2.45) is 4.99 Å². The first kappa shape index (κ1) is 35.2. The number of esters is 1. The second-order valence-corrected chi connectivity index (χ2v) is 13.5. The predicted molar refractivity (Wildman–Crippen MR) is 193 cm³/mol. The van der Waals surface area contributed by atoms with Gasteiger partial charge in [-0.05, 0) is 99.7 Å². The number of fused-ring (bicyclic) bond motifs is 1. The van der Waals surface area contributed by atoms with E-state index in [4.69, 9.17) is 23.9 Å². The van der Waals surface area contributed by atoms with E-state index in [1.807, 2.05) is 56.3 Å². The molecule has 4 aromatic rings. The van der Waals surface area contributed by atoms with Crippen molar-refractivity contribution < 1.29 is 23.7 Å². The summed E-state index contributed by atoms with van der Waals surface area (Å²) in [6, 6.07) is 14.7. The highest BCUT2D eigenvalue weighted by atomic mass is 79.9. The summed E-state index contributed by atoms with van der Waals surface area (Å²) >= 11 is 4.85. The number of allylic oxidation sites excluding steroid dienone is 1. The average Bonchev–Trinajstić information content (AvgIpc) is 3.35. The Balaban J connectivity index is 1.62. The van der Waals surface area contributed by atoms with Crippen LogP contribution >= 0.6 is 27.3 Å². The second-order valence-electron chi connectivity index (χ2n) is 11.6. The smallest absolute Gasteiger partial charge is 0.338 e. The zero-order chi connectivity index (χ0) is 34.5. The Hall–Kier alpha value is -4.15. The van der Waals surface area contributed by atoms with Gasteiger partial charge in [0.1, 0.15) is 18.4 Å². The first-order chi connectivity index (χ1) is 23.1. The molecule has 0 N–H and O–H groups in total. The Labute approximate surface area is 293 Å². The van der Waals surface area contributed by atoms with Crippen LogP contribution in [0.15, 0.2) is 74.1 Å². The first-order valence-electron chi connectivity index (χ1n) is 16.1. The van der Waals surface area contributed by atoms with E-state index in [1.54, 1.807) is 18.6 Å². The fourth-order valence-electron chi connectivity index (χ4n) is 6.07. The van der Waals surface area contributed by atoms with Crippen molar-refractivity contribution in [1.82, 2.24) is 4.57 Å². The minimum atomic E-state index is -0.792. The summed E-state index contributed by atoms with van der Waals surface area (Å²) in [4.78, 5) is 33.2. The molecule has 5 rings (SSSR count). The van der Waals surface area contributed by atoms with E-state index in [0.29, 0.717) is 63.1 Å². The number of hydrogen-bond donors (Lipinski definition) is 0. The molecule has 0 saturated heterocycles. The molecular weight excluding hydrogens is 692 g/mol. The lowest BCUT2D eigenvalue weighted by Gasteiger charge is -2.27. The number of methoxy groups -OCH3 is 1. The van der Waals surface area contributed by atoms with Crippen molar-refractivity contribution in [3.05, 3.63) is 117 Å². The SMILES string of the molecule is CCCC1=C(C(=O)OCC)[C@@H](c2cc(Br)ccc2OC)n2c(s/c(=C/c3ccc(OCc4c(C)cc(C)cc4C)c(OCC)c3)c2=O)=N1. The third-order valence-corrected chi connectivity index (χ3v) is 9.63. The number of aryl methyl sites for hydroxylation is 3. The van der Waals surface area contributed by atoms with E-state index in [1.165, 1.54) is 28.0 Å². The summed E-state index contributed by atoms with van der Waals surface area (Å²) in [6.07, 6.45) is 3.14. The average molecular weight is 734 g/mol. The lowest BCUT2D eigenvalue weighted by Crippen LogP contribution is -2.40. The molecule has 0 aliphatic carbocycles. The molecule has 1 atom stereocenters. The maximum Gasteiger partial charge on any atom is 0.338 e. The number of halogens is 1. The number of rotatable bonds is 12. The molecule has 1 aromatic heterocycles. The third-order valence-electron chi connectivity index (χ3n) is 8.16. The molecule has 48 heavy (non-hydrogen) atoms. The number of carbonyl (C=O) groups is 1. The maximum absolute atomic E-state index is 14.3. The number of aromatic nitrogens is 1. The number of carbonyl (C=O) groups excluding carboxylic acids is 1. The van der Waals surface area contributed by atoms with Gasteiger partial charge in [-0.2, -0.15) is 0 Å². The predicted octanol–water partition coefficient (Wildman–Crippen LogP) is 7.25. The van der Waals surface area contributed by atoms with Crippen LogP contribution in [-0.4, -0.2) is 30.9 Å². The molecule has 0 amide bonds. The fourth-order valence-corrected chi connectivity index (χ4v) is 7.47. The number of thiazole rings is 1. The highest BCUT2D eigenvalue weighted by Crippen LogP contribution is 2.38. The molecule has 3 aromatic carbocycles. The molecule has 1 aliphatic heterocycles. The summed E-state index contributed by atoms with van der Waals surface area (Å²) < 4.78 is 26.4. The molecule has 0 bridgehead atoms. The van der Waals surface area contributed by atoms with E-state index in [0.717, 1.165) is 22.0 Å². The number of nitrogens with zero attached hydrogens (tertiary/aromatic N) is 2. The third kappa shape index (κ3) is 7.29. The molecule has 1 aliphatic rings. The lowest BCUT2D eigenvalue weighted by atomic mass is 9.93. The van der Waals surface area contributed by atoms with E-state index < -0.39 is 12.0 Å². The van der Waals surface area contributed by atoms with Crippen LogP contribution in [0.1, 0.15) is 73.0 Å². The van der Waals surface area contributed by atoms with Gasteiger partial charge in [0.15, 0.2) is 16.3 Å². The molecule has 2 heterocycles. The van der Waals surface area contributed by atoms with Crippen LogP contribution in [0.3, 0.4) is 0 Å². The fraction of sp³-hybridized carbons (Fsp3) is 0.342. The van der Waals surface area contributed by atoms with Gasteiger partial charge in [-0.3, -0.25) is 9.36 Å².